The van der Waals surface area contributed by atoms with E-state index in [0.717, 1.165) is 30.3 Å². The normalized spacial score (nSPS) is 10.2. The van der Waals surface area contributed by atoms with Crippen molar-refractivity contribution in [3.8, 4) is 11.5 Å². The zero-order valence-corrected chi connectivity index (χ0v) is 16.6. The molecule has 0 fully saturated rings. The van der Waals surface area contributed by atoms with Crippen LogP contribution in [0.2, 0.25) is 0 Å². The fourth-order valence-electron chi connectivity index (χ4n) is 2.71. The molecule has 10 nitrogen and oxygen atoms in total. The molecule has 0 aliphatic rings. The second-order valence-corrected chi connectivity index (χ2v) is 6.51. The van der Waals surface area contributed by atoms with Gasteiger partial charge in [-0.25, -0.2) is 24.0 Å². The third kappa shape index (κ3) is 5.39. The summed E-state index contributed by atoms with van der Waals surface area (Å²) in [5, 5.41) is 27.5. The van der Waals surface area contributed by atoms with Crippen LogP contribution in [0.1, 0.15) is 51.8 Å². The summed E-state index contributed by atoms with van der Waals surface area (Å²) in [6.07, 6.45) is 0. The third-order valence-electron chi connectivity index (χ3n) is 4.29. The van der Waals surface area contributed by atoms with E-state index in [1.165, 1.54) is 36.4 Å². The summed E-state index contributed by atoms with van der Waals surface area (Å²) in [5.74, 6) is -6.51. The molecule has 0 atom stereocenters. The maximum absolute atomic E-state index is 12.4. The van der Waals surface area contributed by atoms with Gasteiger partial charge in [-0.05, 0) is 48.5 Å². The summed E-state index contributed by atoms with van der Waals surface area (Å²) in [6, 6.07) is 13.2. The minimum Gasteiger partial charge on any atom is -0.478 e. The molecule has 33 heavy (non-hydrogen) atoms. The van der Waals surface area contributed by atoms with Gasteiger partial charge in [-0.3, -0.25) is 0 Å². The minimum atomic E-state index is -1.43. The molecule has 3 aromatic rings. The van der Waals surface area contributed by atoms with E-state index in [2.05, 4.69) is 0 Å². The van der Waals surface area contributed by atoms with Gasteiger partial charge in [0.2, 0.25) is 0 Å². The maximum Gasteiger partial charge on any atom is 0.343 e. The van der Waals surface area contributed by atoms with Crippen LogP contribution in [-0.2, 0) is 0 Å². The van der Waals surface area contributed by atoms with Crippen LogP contribution in [0.25, 0.3) is 0 Å². The van der Waals surface area contributed by atoms with Crippen molar-refractivity contribution in [3.05, 3.63) is 94.5 Å². The topological polar surface area (TPSA) is 164 Å². The van der Waals surface area contributed by atoms with E-state index >= 15 is 0 Å². The lowest BCUT2D eigenvalue weighted by Crippen LogP contribution is -2.13. The number of carbonyl (C=O) groups excluding carboxylic acids is 2. The van der Waals surface area contributed by atoms with E-state index in [9.17, 15) is 29.1 Å². The second-order valence-electron chi connectivity index (χ2n) is 6.51. The zero-order valence-electron chi connectivity index (χ0n) is 16.6. The summed E-state index contributed by atoms with van der Waals surface area (Å²) < 4.78 is 10.3. The van der Waals surface area contributed by atoms with Crippen LogP contribution < -0.4 is 9.47 Å². The number of hydrogen-bond donors (Lipinski definition) is 3. The van der Waals surface area contributed by atoms with Gasteiger partial charge >= 0.3 is 29.8 Å². The Morgan fingerprint density at radius 3 is 1.52 bits per heavy atom. The molecular formula is C23H14O10. The van der Waals surface area contributed by atoms with Crippen LogP contribution in [-0.4, -0.2) is 45.2 Å². The van der Waals surface area contributed by atoms with Crippen molar-refractivity contribution in [1.29, 1.82) is 0 Å². The summed E-state index contributed by atoms with van der Waals surface area (Å²) in [7, 11) is 0. The van der Waals surface area contributed by atoms with Gasteiger partial charge in [0.05, 0.1) is 22.3 Å². The highest BCUT2D eigenvalue weighted by Gasteiger charge is 2.19. The Morgan fingerprint density at radius 1 is 0.545 bits per heavy atom. The molecular weight excluding hydrogens is 436 g/mol. The predicted octanol–water partition coefficient (Wildman–Crippen LogP) is 3.22. The lowest BCUT2D eigenvalue weighted by atomic mass is 10.1. The maximum atomic E-state index is 12.4. The Hall–Kier alpha value is -4.99. The van der Waals surface area contributed by atoms with Gasteiger partial charge in [-0.15, -0.1) is 0 Å². The van der Waals surface area contributed by atoms with Crippen LogP contribution >= 0.6 is 0 Å². The van der Waals surface area contributed by atoms with E-state index in [1.54, 1.807) is 0 Å². The van der Waals surface area contributed by atoms with Gasteiger partial charge in [-0.1, -0.05) is 12.1 Å². The van der Waals surface area contributed by atoms with Crippen LogP contribution in [0.15, 0.2) is 66.7 Å². The van der Waals surface area contributed by atoms with E-state index in [0.29, 0.717) is 0 Å². The van der Waals surface area contributed by atoms with E-state index < -0.39 is 41.2 Å². The molecule has 0 aliphatic heterocycles. The number of carbonyl (C=O) groups is 5. The molecule has 0 radical (unpaired) electrons. The quantitative estimate of drug-likeness (QED) is 0.359. The minimum absolute atomic E-state index is 0.0683. The molecule has 0 bridgehead atoms. The van der Waals surface area contributed by atoms with Crippen molar-refractivity contribution in [2.24, 2.45) is 0 Å². The molecule has 3 rings (SSSR count). The largest absolute Gasteiger partial charge is 0.478 e. The van der Waals surface area contributed by atoms with Crippen LogP contribution in [0.3, 0.4) is 0 Å². The SMILES string of the molecule is O=C(O)c1cccc(C(=O)Oc2ccc(C(=O)O)c(OC(=O)c3cccc(C(=O)O)c3)c2)c1. The number of rotatable bonds is 7. The fraction of sp³-hybridized carbons (Fsp3) is 0. The standard InChI is InChI=1S/C23H14O10/c24-19(25)12-3-1-5-14(9-12)22(30)32-16-7-8-17(21(28)29)18(11-16)33-23(31)15-6-2-4-13(10-15)20(26)27/h1-11H,(H,24,25)(H,26,27)(H,28,29). The first-order valence-electron chi connectivity index (χ1n) is 9.14. The Kier molecular flexibility index (Phi) is 6.49. The fourth-order valence-corrected chi connectivity index (χ4v) is 2.71. The van der Waals surface area contributed by atoms with Crippen molar-refractivity contribution >= 4 is 29.8 Å². The number of esters is 2. The molecule has 0 amide bonds. The smallest absolute Gasteiger partial charge is 0.343 e. The second kappa shape index (κ2) is 9.43. The van der Waals surface area contributed by atoms with Gasteiger partial charge in [-0.2, -0.15) is 0 Å². The Morgan fingerprint density at radius 2 is 1.03 bits per heavy atom. The van der Waals surface area contributed by atoms with Crippen molar-refractivity contribution < 1.29 is 48.8 Å². The first-order chi connectivity index (χ1) is 15.7. The predicted molar refractivity (Wildman–Crippen MR) is 110 cm³/mol. The Balaban J connectivity index is 1.87. The average molecular weight is 450 g/mol. The molecule has 0 aromatic heterocycles. The Bertz CT molecular complexity index is 1290. The summed E-state index contributed by atoms with van der Waals surface area (Å²) >= 11 is 0. The molecule has 3 N–H and O–H groups in total. The molecule has 0 saturated heterocycles. The highest BCUT2D eigenvalue weighted by Crippen LogP contribution is 2.27. The molecule has 0 saturated carbocycles. The molecule has 0 spiro atoms. The molecule has 166 valence electrons. The van der Waals surface area contributed by atoms with Crippen molar-refractivity contribution in [3.63, 3.8) is 0 Å². The first kappa shape index (κ1) is 22.7. The summed E-state index contributed by atoms with van der Waals surface area (Å²) in [4.78, 5) is 58.5. The van der Waals surface area contributed by atoms with Gasteiger partial charge in [0.15, 0.2) is 0 Å². The van der Waals surface area contributed by atoms with Crippen LogP contribution in [0.5, 0.6) is 11.5 Å². The lowest BCUT2D eigenvalue weighted by molar-refractivity contribution is 0.0672. The lowest BCUT2D eigenvalue weighted by Gasteiger charge is -2.11. The molecule has 0 aliphatic carbocycles. The number of carboxylic acids is 3. The van der Waals surface area contributed by atoms with Crippen molar-refractivity contribution in [2.45, 2.75) is 0 Å². The number of hydrogen-bond acceptors (Lipinski definition) is 7. The number of aromatic carboxylic acids is 3. The van der Waals surface area contributed by atoms with Crippen molar-refractivity contribution in [2.75, 3.05) is 0 Å². The van der Waals surface area contributed by atoms with E-state index in [-0.39, 0.29) is 28.0 Å². The number of benzene rings is 3. The Labute approximate surface area is 185 Å². The molecule has 0 heterocycles. The average Bonchev–Trinajstić information content (AvgIpc) is 2.79. The van der Waals surface area contributed by atoms with Crippen molar-refractivity contribution in [1.82, 2.24) is 0 Å². The monoisotopic (exact) mass is 450 g/mol. The van der Waals surface area contributed by atoms with E-state index in [1.807, 2.05) is 0 Å². The summed E-state index contributed by atoms with van der Waals surface area (Å²) in [6.45, 7) is 0. The molecule has 3 aromatic carbocycles. The number of ether oxygens (including phenoxy) is 2. The molecule has 10 heteroatoms. The van der Waals surface area contributed by atoms with Gasteiger partial charge in [0, 0.05) is 6.07 Å². The van der Waals surface area contributed by atoms with Gasteiger partial charge in [0.25, 0.3) is 0 Å². The highest BCUT2D eigenvalue weighted by molar-refractivity contribution is 5.98. The highest BCUT2D eigenvalue weighted by atomic mass is 16.5. The summed E-state index contributed by atoms with van der Waals surface area (Å²) in [5.41, 5.74) is -0.927. The first-order valence-corrected chi connectivity index (χ1v) is 9.14. The zero-order chi connectivity index (χ0) is 24.1. The van der Waals surface area contributed by atoms with Crippen LogP contribution in [0, 0.1) is 0 Å². The molecule has 0 unspecified atom stereocenters. The number of carboxylic acid groups (broad SMARTS) is 3. The third-order valence-corrected chi connectivity index (χ3v) is 4.29. The van der Waals surface area contributed by atoms with Gasteiger partial charge < -0.3 is 24.8 Å². The van der Waals surface area contributed by atoms with E-state index in [4.69, 9.17) is 19.7 Å². The van der Waals surface area contributed by atoms with Gasteiger partial charge in [0.1, 0.15) is 17.1 Å². The van der Waals surface area contributed by atoms with Crippen LogP contribution in [0.4, 0.5) is 0 Å².